The molecule has 88 valence electrons. The van der Waals surface area contributed by atoms with Crippen LogP contribution in [0, 0.1) is 5.41 Å². The van der Waals surface area contributed by atoms with Crippen molar-refractivity contribution >= 4 is 22.7 Å². The van der Waals surface area contributed by atoms with Crippen molar-refractivity contribution in [2.45, 2.75) is 44.6 Å². The zero-order valence-corrected chi connectivity index (χ0v) is 11.4. The van der Waals surface area contributed by atoms with E-state index in [9.17, 15) is 13.0 Å². The van der Waals surface area contributed by atoms with Crippen LogP contribution in [0.3, 0.4) is 0 Å². The SMILES string of the molecule is CC(C(C)(C)C(C)(C)S)S(=O)(=O)[O-].[NH4+]. The minimum absolute atomic E-state index is 0. The quantitative estimate of drug-likeness (QED) is 0.586. The Labute approximate surface area is 92.2 Å². The van der Waals surface area contributed by atoms with Gasteiger partial charge in [-0.25, -0.2) is 8.42 Å². The highest BCUT2D eigenvalue weighted by Crippen LogP contribution is 2.41. The largest absolute Gasteiger partial charge is 0.748 e. The van der Waals surface area contributed by atoms with Crippen molar-refractivity contribution < 1.29 is 13.0 Å². The first-order valence-electron chi connectivity index (χ1n) is 4.08. The summed E-state index contributed by atoms with van der Waals surface area (Å²) in [6.07, 6.45) is 0. The summed E-state index contributed by atoms with van der Waals surface area (Å²) >= 11 is 4.30. The van der Waals surface area contributed by atoms with Gasteiger partial charge in [-0.3, -0.25) is 0 Å². The fourth-order valence-electron chi connectivity index (χ4n) is 0.858. The van der Waals surface area contributed by atoms with Crippen LogP contribution >= 0.6 is 12.6 Å². The van der Waals surface area contributed by atoms with E-state index in [2.05, 4.69) is 12.6 Å². The van der Waals surface area contributed by atoms with Gasteiger partial charge in [0, 0.05) is 4.75 Å². The van der Waals surface area contributed by atoms with E-state index in [1.807, 2.05) is 0 Å². The molecule has 1 unspecified atom stereocenters. The van der Waals surface area contributed by atoms with Gasteiger partial charge in [-0.15, -0.1) is 0 Å². The highest BCUT2D eigenvalue weighted by atomic mass is 32.2. The van der Waals surface area contributed by atoms with Crippen LogP contribution in [0.5, 0.6) is 0 Å². The molecule has 0 bridgehead atoms. The zero-order chi connectivity index (χ0) is 11.1. The van der Waals surface area contributed by atoms with Crippen molar-refractivity contribution in [3.05, 3.63) is 0 Å². The molecule has 4 nitrogen and oxygen atoms in total. The Morgan fingerprint density at radius 3 is 1.57 bits per heavy atom. The maximum Gasteiger partial charge on any atom is 0.0978 e. The number of quaternary nitrogens is 1. The summed E-state index contributed by atoms with van der Waals surface area (Å²) < 4.78 is 32.0. The van der Waals surface area contributed by atoms with Crippen molar-refractivity contribution in [1.82, 2.24) is 6.15 Å². The predicted molar refractivity (Wildman–Crippen MR) is 62.0 cm³/mol. The molecule has 0 aliphatic carbocycles. The number of hydrogen-bond donors (Lipinski definition) is 2. The summed E-state index contributed by atoms with van der Waals surface area (Å²) in [5.41, 5.74) is -0.656. The van der Waals surface area contributed by atoms with Gasteiger partial charge in [-0.05, 0) is 12.3 Å². The molecule has 14 heavy (non-hydrogen) atoms. The van der Waals surface area contributed by atoms with Crippen molar-refractivity contribution in [1.29, 1.82) is 0 Å². The van der Waals surface area contributed by atoms with Crippen LogP contribution in [0.15, 0.2) is 0 Å². The molecule has 0 amide bonds. The first kappa shape index (κ1) is 16.6. The summed E-state index contributed by atoms with van der Waals surface area (Å²) in [5, 5.41) is -0.938. The van der Waals surface area contributed by atoms with Gasteiger partial charge in [0.05, 0.1) is 15.4 Å². The van der Waals surface area contributed by atoms with Crippen LogP contribution in [0.2, 0.25) is 0 Å². The highest BCUT2D eigenvalue weighted by Gasteiger charge is 2.41. The fourth-order valence-corrected chi connectivity index (χ4v) is 2.16. The molecule has 0 saturated heterocycles. The Balaban J connectivity index is 0. The molecule has 0 fully saturated rings. The van der Waals surface area contributed by atoms with E-state index in [0.717, 1.165) is 0 Å². The van der Waals surface area contributed by atoms with Gasteiger partial charge >= 0.3 is 0 Å². The van der Waals surface area contributed by atoms with Crippen LogP contribution in [0.1, 0.15) is 34.6 Å². The Hall–Kier alpha value is 0.220. The van der Waals surface area contributed by atoms with E-state index in [1.165, 1.54) is 6.92 Å². The third-order valence-corrected chi connectivity index (χ3v) is 5.06. The van der Waals surface area contributed by atoms with Gasteiger partial charge in [-0.1, -0.05) is 27.7 Å². The lowest BCUT2D eigenvalue weighted by atomic mass is 9.78. The molecule has 0 aromatic carbocycles. The standard InChI is InChI=1S/C8H18O3S2.H3N/c1-6(13(9,10)11)7(2,3)8(4,5)12;/h6,12H,1-5H3,(H,9,10,11);1H3. The molecule has 0 radical (unpaired) electrons. The van der Waals surface area contributed by atoms with Gasteiger partial charge < -0.3 is 10.7 Å². The van der Waals surface area contributed by atoms with Gasteiger partial charge in [-0.2, -0.15) is 12.6 Å². The summed E-state index contributed by atoms with van der Waals surface area (Å²) in [7, 11) is -4.24. The molecule has 0 aromatic heterocycles. The van der Waals surface area contributed by atoms with E-state index >= 15 is 0 Å². The summed E-state index contributed by atoms with van der Waals surface area (Å²) in [4.78, 5) is 0. The number of thiol groups is 1. The lowest BCUT2D eigenvalue weighted by Gasteiger charge is -2.43. The smallest absolute Gasteiger partial charge is 0.0978 e. The Kier molecular flexibility index (Phi) is 5.21. The van der Waals surface area contributed by atoms with Crippen molar-refractivity contribution in [3.8, 4) is 0 Å². The first-order valence-corrected chi connectivity index (χ1v) is 5.99. The number of rotatable bonds is 3. The minimum Gasteiger partial charge on any atom is -0.748 e. The van der Waals surface area contributed by atoms with Crippen molar-refractivity contribution in [3.63, 3.8) is 0 Å². The Bertz CT molecular complexity index is 277. The lowest BCUT2D eigenvalue weighted by molar-refractivity contribution is 0.264. The summed E-state index contributed by atoms with van der Waals surface area (Å²) in [5.74, 6) is 0. The first-order chi connectivity index (χ1) is 5.40. The van der Waals surface area contributed by atoms with Crippen LogP contribution < -0.4 is 6.15 Å². The zero-order valence-electron chi connectivity index (χ0n) is 9.66. The van der Waals surface area contributed by atoms with Crippen molar-refractivity contribution in [2.24, 2.45) is 5.41 Å². The van der Waals surface area contributed by atoms with Crippen molar-refractivity contribution in [2.75, 3.05) is 0 Å². The monoisotopic (exact) mass is 243 g/mol. The van der Waals surface area contributed by atoms with E-state index in [-0.39, 0.29) is 6.15 Å². The molecule has 0 aromatic rings. The average Bonchev–Trinajstić information content (AvgIpc) is 1.81. The Morgan fingerprint density at radius 1 is 1.21 bits per heavy atom. The molecular formula is C8H21NO3S2. The highest BCUT2D eigenvalue weighted by molar-refractivity contribution is 7.86. The Morgan fingerprint density at radius 2 is 1.50 bits per heavy atom. The minimum atomic E-state index is -4.24. The molecule has 0 saturated carbocycles. The second-order valence-corrected chi connectivity index (χ2v) is 7.23. The van der Waals surface area contributed by atoms with Crippen LogP contribution in [0.4, 0.5) is 0 Å². The van der Waals surface area contributed by atoms with Gasteiger partial charge in [0.1, 0.15) is 0 Å². The maximum atomic E-state index is 10.8. The van der Waals surface area contributed by atoms with Gasteiger partial charge in [0.25, 0.3) is 0 Å². The second-order valence-electron chi connectivity index (χ2n) is 4.42. The molecule has 0 aliphatic rings. The third-order valence-electron chi connectivity index (χ3n) is 3.03. The summed E-state index contributed by atoms with van der Waals surface area (Å²) in [6.45, 7) is 8.51. The molecular weight excluding hydrogens is 222 g/mol. The maximum absolute atomic E-state index is 10.8. The average molecular weight is 243 g/mol. The van der Waals surface area contributed by atoms with E-state index in [1.54, 1.807) is 27.7 Å². The molecule has 0 heterocycles. The summed E-state index contributed by atoms with van der Waals surface area (Å²) in [6, 6.07) is 0. The molecule has 0 rings (SSSR count). The predicted octanol–water partition coefficient (Wildman–Crippen LogP) is 2.03. The van der Waals surface area contributed by atoms with E-state index < -0.39 is 25.5 Å². The molecule has 0 spiro atoms. The van der Waals surface area contributed by atoms with Crippen LogP contribution in [-0.2, 0) is 10.1 Å². The molecule has 4 N–H and O–H groups in total. The molecule has 0 aliphatic heterocycles. The molecule has 6 heteroatoms. The molecule has 1 atom stereocenters. The van der Waals surface area contributed by atoms with Gasteiger partial charge in [0.15, 0.2) is 0 Å². The number of hydrogen-bond acceptors (Lipinski definition) is 4. The third kappa shape index (κ3) is 3.42. The fraction of sp³-hybridized carbons (Fsp3) is 1.00. The van der Waals surface area contributed by atoms with Crippen LogP contribution in [-0.4, -0.2) is 23.0 Å². The van der Waals surface area contributed by atoms with Gasteiger partial charge in [0.2, 0.25) is 0 Å². The topological polar surface area (TPSA) is 93.7 Å². The lowest BCUT2D eigenvalue weighted by Crippen LogP contribution is -2.46. The van der Waals surface area contributed by atoms with E-state index in [4.69, 9.17) is 0 Å². The van der Waals surface area contributed by atoms with E-state index in [0.29, 0.717) is 0 Å². The van der Waals surface area contributed by atoms with Crippen LogP contribution in [0.25, 0.3) is 0 Å². The normalized spacial score (nSPS) is 15.9. The second kappa shape index (κ2) is 4.38.